The van der Waals surface area contributed by atoms with Crippen LogP contribution in [0.4, 0.5) is 0 Å². The van der Waals surface area contributed by atoms with Crippen molar-refractivity contribution in [3.8, 4) is 6.26 Å². The summed E-state index contributed by atoms with van der Waals surface area (Å²) in [6, 6.07) is 0. The Labute approximate surface area is 98.9 Å². The summed E-state index contributed by atoms with van der Waals surface area (Å²) < 4.78 is 4.74. The van der Waals surface area contributed by atoms with Crippen molar-refractivity contribution >= 4 is 0 Å². The standard InChI is InChI=1S/C14H21NO/c1-12(2)8-6-7-9-14(4,5)10-13(3)16-11-15/h6-10,12H,1-5H3/b8-6+,9-7-,13-10+. The number of nitrogens with zero attached hydrogens (tertiary/aromatic N) is 1. The van der Waals surface area contributed by atoms with Crippen LogP contribution >= 0.6 is 0 Å². The van der Waals surface area contributed by atoms with Gasteiger partial charge in [0.05, 0.1) is 0 Å². The first-order valence-corrected chi connectivity index (χ1v) is 5.49. The van der Waals surface area contributed by atoms with E-state index in [0.29, 0.717) is 11.7 Å². The Bertz CT molecular complexity index is 327. The lowest BCUT2D eigenvalue weighted by Gasteiger charge is -2.14. The van der Waals surface area contributed by atoms with Crippen molar-refractivity contribution in [3.05, 3.63) is 36.1 Å². The van der Waals surface area contributed by atoms with Gasteiger partial charge in [0.25, 0.3) is 6.26 Å². The number of allylic oxidation sites excluding steroid dienone is 6. The van der Waals surface area contributed by atoms with E-state index in [0.717, 1.165) is 0 Å². The van der Waals surface area contributed by atoms with Crippen molar-refractivity contribution in [1.29, 1.82) is 5.26 Å². The Balaban J connectivity index is 4.46. The Morgan fingerprint density at radius 3 is 2.44 bits per heavy atom. The summed E-state index contributed by atoms with van der Waals surface area (Å²) in [4.78, 5) is 0. The summed E-state index contributed by atoms with van der Waals surface area (Å²) in [6.07, 6.45) is 11.9. The summed E-state index contributed by atoms with van der Waals surface area (Å²) in [7, 11) is 0. The quantitative estimate of drug-likeness (QED) is 0.395. The normalized spacial score (nSPS) is 13.7. The maximum Gasteiger partial charge on any atom is 0.291 e. The van der Waals surface area contributed by atoms with Crippen LogP contribution in [0, 0.1) is 22.9 Å². The summed E-state index contributed by atoms with van der Waals surface area (Å²) in [5.74, 6) is 1.19. The summed E-state index contributed by atoms with van der Waals surface area (Å²) >= 11 is 0. The molecule has 0 aliphatic carbocycles. The molecule has 2 nitrogen and oxygen atoms in total. The van der Waals surface area contributed by atoms with Gasteiger partial charge in [-0.2, -0.15) is 0 Å². The molecule has 0 fully saturated rings. The Morgan fingerprint density at radius 2 is 1.94 bits per heavy atom. The maximum absolute atomic E-state index is 8.37. The van der Waals surface area contributed by atoms with E-state index in [1.807, 2.05) is 18.2 Å². The molecule has 0 aromatic heterocycles. The number of ether oxygens (including phenoxy) is 1. The number of hydrogen-bond acceptors (Lipinski definition) is 2. The van der Waals surface area contributed by atoms with Gasteiger partial charge in [0.1, 0.15) is 5.76 Å². The third-order valence-electron chi connectivity index (χ3n) is 1.91. The number of hydrogen-bond donors (Lipinski definition) is 0. The molecule has 0 heterocycles. The van der Waals surface area contributed by atoms with Crippen LogP contribution in [-0.2, 0) is 4.74 Å². The molecule has 0 rings (SSSR count). The minimum absolute atomic E-state index is 0.109. The van der Waals surface area contributed by atoms with E-state index in [1.165, 1.54) is 0 Å². The lowest BCUT2D eigenvalue weighted by Crippen LogP contribution is -2.03. The molecule has 16 heavy (non-hydrogen) atoms. The Kier molecular flexibility index (Phi) is 6.25. The highest BCUT2D eigenvalue weighted by Crippen LogP contribution is 2.21. The van der Waals surface area contributed by atoms with Crippen molar-refractivity contribution in [2.24, 2.45) is 11.3 Å². The molecule has 0 amide bonds. The second-order valence-electron chi connectivity index (χ2n) is 4.76. The van der Waals surface area contributed by atoms with Crippen molar-refractivity contribution in [2.45, 2.75) is 34.6 Å². The van der Waals surface area contributed by atoms with E-state index < -0.39 is 0 Å². The lowest BCUT2D eigenvalue weighted by atomic mass is 9.92. The van der Waals surface area contributed by atoms with E-state index in [1.54, 1.807) is 13.2 Å². The molecule has 0 aliphatic rings. The van der Waals surface area contributed by atoms with E-state index in [4.69, 9.17) is 10.00 Å². The molecule has 0 saturated heterocycles. The molecule has 0 aromatic rings. The first-order chi connectivity index (χ1) is 7.37. The van der Waals surface area contributed by atoms with Crippen molar-refractivity contribution in [2.75, 3.05) is 0 Å². The monoisotopic (exact) mass is 219 g/mol. The van der Waals surface area contributed by atoms with Crippen LogP contribution < -0.4 is 0 Å². The molecule has 0 spiro atoms. The van der Waals surface area contributed by atoms with Crippen molar-refractivity contribution in [1.82, 2.24) is 0 Å². The van der Waals surface area contributed by atoms with E-state index >= 15 is 0 Å². The third-order valence-corrected chi connectivity index (χ3v) is 1.91. The molecular formula is C14H21NO. The van der Waals surface area contributed by atoms with Gasteiger partial charge in [-0.05, 0) is 18.9 Å². The number of nitriles is 1. The van der Waals surface area contributed by atoms with Crippen LogP contribution in [0.3, 0.4) is 0 Å². The molecule has 0 aliphatic heterocycles. The second kappa shape index (κ2) is 6.90. The van der Waals surface area contributed by atoms with Crippen molar-refractivity contribution < 1.29 is 4.74 Å². The average molecular weight is 219 g/mol. The lowest BCUT2D eigenvalue weighted by molar-refractivity contribution is 0.367. The highest BCUT2D eigenvalue weighted by molar-refractivity contribution is 5.14. The molecule has 0 N–H and O–H groups in total. The second-order valence-corrected chi connectivity index (χ2v) is 4.76. The third kappa shape index (κ3) is 7.87. The minimum atomic E-state index is -0.109. The van der Waals surface area contributed by atoms with Gasteiger partial charge in [0, 0.05) is 5.41 Å². The average Bonchev–Trinajstić information content (AvgIpc) is 2.11. The van der Waals surface area contributed by atoms with Gasteiger partial charge in [-0.15, -0.1) is 5.26 Å². The molecule has 0 saturated carbocycles. The molecule has 0 unspecified atom stereocenters. The highest BCUT2D eigenvalue weighted by atomic mass is 16.5. The van der Waals surface area contributed by atoms with E-state index in [9.17, 15) is 0 Å². The van der Waals surface area contributed by atoms with Gasteiger partial charge in [-0.3, -0.25) is 0 Å². The van der Waals surface area contributed by atoms with Gasteiger partial charge in [-0.1, -0.05) is 52.0 Å². The summed E-state index contributed by atoms with van der Waals surface area (Å²) in [5.41, 5.74) is -0.109. The van der Waals surface area contributed by atoms with Gasteiger partial charge < -0.3 is 4.74 Å². The zero-order valence-electron chi connectivity index (χ0n) is 10.8. The Hall–Kier alpha value is -1.49. The van der Waals surface area contributed by atoms with Crippen LogP contribution in [0.15, 0.2) is 36.1 Å². The molecule has 2 heteroatoms. The largest absolute Gasteiger partial charge is 0.393 e. The fraction of sp³-hybridized carbons (Fsp3) is 0.500. The zero-order chi connectivity index (χ0) is 12.6. The molecule has 0 radical (unpaired) electrons. The SMILES string of the molecule is C/C(=C\C(C)(C)/C=C\C=C\C(C)C)OC#N. The molecule has 88 valence electrons. The zero-order valence-corrected chi connectivity index (χ0v) is 10.8. The smallest absolute Gasteiger partial charge is 0.291 e. The van der Waals surface area contributed by atoms with Gasteiger partial charge in [-0.25, -0.2) is 0 Å². The molecule has 0 aromatic carbocycles. The van der Waals surface area contributed by atoms with Crippen LogP contribution in [0.5, 0.6) is 0 Å². The summed E-state index contributed by atoms with van der Waals surface area (Å²) in [5, 5.41) is 8.37. The van der Waals surface area contributed by atoms with Crippen molar-refractivity contribution in [3.63, 3.8) is 0 Å². The molecule has 0 atom stereocenters. The van der Waals surface area contributed by atoms with Crippen LogP contribution in [0.25, 0.3) is 0 Å². The highest BCUT2D eigenvalue weighted by Gasteiger charge is 2.10. The summed E-state index contributed by atoms with van der Waals surface area (Å²) in [6.45, 7) is 10.2. The van der Waals surface area contributed by atoms with Gasteiger partial charge in [0.15, 0.2) is 0 Å². The van der Waals surface area contributed by atoms with Crippen LogP contribution in [-0.4, -0.2) is 0 Å². The Morgan fingerprint density at radius 1 is 1.31 bits per heavy atom. The van der Waals surface area contributed by atoms with E-state index in [2.05, 4.69) is 39.8 Å². The predicted octanol–water partition coefficient (Wildman–Crippen LogP) is 4.18. The first kappa shape index (κ1) is 14.5. The van der Waals surface area contributed by atoms with Crippen LogP contribution in [0.1, 0.15) is 34.6 Å². The van der Waals surface area contributed by atoms with E-state index in [-0.39, 0.29) is 5.41 Å². The van der Waals surface area contributed by atoms with Gasteiger partial charge in [0.2, 0.25) is 0 Å². The maximum atomic E-state index is 8.37. The topological polar surface area (TPSA) is 33.0 Å². The number of rotatable bonds is 5. The van der Waals surface area contributed by atoms with Gasteiger partial charge >= 0.3 is 0 Å². The first-order valence-electron chi connectivity index (χ1n) is 5.49. The minimum Gasteiger partial charge on any atom is -0.393 e. The van der Waals surface area contributed by atoms with Crippen LogP contribution in [0.2, 0.25) is 0 Å². The fourth-order valence-corrected chi connectivity index (χ4v) is 1.26. The fourth-order valence-electron chi connectivity index (χ4n) is 1.26. The molecular weight excluding hydrogens is 198 g/mol. The molecule has 0 bridgehead atoms. The predicted molar refractivity (Wildman–Crippen MR) is 67.4 cm³/mol.